The van der Waals surface area contributed by atoms with E-state index in [4.69, 9.17) is 28.7 Å². The van der Waals surface area contributed by atoms with Crippen molar-refractivity contribution in [2.24, 2.45) is 45.6 Å². The first-order valence-electron chi connectivity index (χ1n) is 35.5. The van der Waals surface area contributed by atoms with Gasteiger partial charge in [-0.2, -0.15) is 0 Å². The van der Waals surface area contributed by atoms with E-state index in [0.717, 1.165) is 6.42 Å². The number of para-hydroxylation sites is 2. The smallest absolute Gasteiger partial charge is 0.243 e. The lowest BCUT2D eigenvalue weighted by atomic mass is 9.97. The lowest BCUT2D eigenvalue weighted by molar-refractivity contribution is -0.136. The fourth-order valence-corrected chi connectivity index (χ4v) is 11.5. The van der Waals surface area contributed by atoms with Crippen LogP contribution in [0, 0.1) is 11.8 Å². The third kappa shape index (κ3) is 27.5. The van der Waals surface area contributed by atoms with Crippen LogP contribution in [0.3, 0.4) is 0 Å². The molecule has 5 rings (SSSR count). The van der Waals surface area contributed by atoms with Crippen molar-refractivity contribution >= 4 is 98.6 Å². The molecule has 0 fully saturated rings. The SMILES string of the molecule is CCC(C)CCC(=O)N[C@H](CC(N)=O)C(=O)N[C@H](Cc1ccc(O)cc1)C(=O)N[C@H](Cc1c[nH]c2ccccc12)C(=O)N[C@H](CCCN)C(=O)N[C@@H](CCCN)C(=O)NCC(=O)N[C@H](CCCN)C(=O)N[C@@H](Cc1c[nH]c2ccccc12)C(=O)N[C@H](C(=O)N[C@H](C(=O)NCC(N)=O)[C@@H](C)CC)[C@@H](C)N=[N+]=[N-]. The number of aromatic nitrogens is 2. The Bertz CT molecular complexity index is 3880. The molecule has 13 amide bonds. The number of phenolic OH excluding ortho intramolecular Hbond substituents is 1. The number of aromatic hydroxyl groups is 1. The Balaban J connectivity index is 1.38. The van der Waals surface area contributed by atoms with Crippen LogP contribution in [0.25, 0.3) is 32.2 Å². The number of fused-ring (bicyclic) bond motifs is 2. The van der Waals surface area contributed by atoms with Crippen LogP contribution in [-0.2, 0) is 81.6 Å². The normalized spacial score (nSPS) is 14.5. The van der Waals surface area contributed by atoms with Crippen LogP contribution in [0.1, 0.15) is 122 Å². The molecule has 12 atom stereocenters. The van der Waals surface area contributed by atoms with Crippen LogP contribution in [-0.4, -0.2) is 185 Å². The Hall–Kier alpha value is -11.2. The van der Waals surface area contributed by atoms with E-state index < -0.39 is 163 Å². The molecule has 24 N–H and O–H groups in total. The summed E-state index contributed by atoms with van der Waals surface area (Å²) in [6.07, 6.45) is 3.86. The standard InChI is InChI=1S/C71H103N21O14/c1-6-39(3)22-27-59(96)83-56(34-57(75)94)68(103)86-53(31-42-23-25-45(93)26-24-42)66(101)88-54(32-43-35-78-48-17-10-8-15-46(43)48)67(102)85-52(21-14-30-74)65(100)84-50(19-12-28-72)63(98)81-38-60(97)82-51(20-13-29-73)64(99)87-55(33-44-36-79-49-18-11-9-16-47(44)49)69(104)90-62(41(5)91-92-77)71(106)89-61(40(4)7-2)70(105)80-37-58(76)95/h8-11,15-18,23-26,35-36,39-41,50-56,61-62,78-79,93H,6-7,12-14,19-22,27-34,37-38,72-74H2,1-5H3,(H2,75,94)(H2,76,95)(H,80,105)(H,81,98)(H,82,97)(H,83,96)(H,84,100)(H,85,102)(H,86,103)(H,87,99)(H,88,101)(H,89,106)(H,90,104)/t39?,40-,41+,50-,51+,52+,53+,54+,55-,56+,61-,62-/m0/s1. The first-order valence-corrected chi connectivity index (χ1v) is 35.5. The van der Waals surface area contributed by atoms with Gasteiger partial charge < -0.3 is 102 Å². The monoisotopic (exact) mass is 1470 g/mol. The fourth-order valence-electron chi connectivity index (χ4n) is 11.5. The molecular formula is C71H103N21O14. The van der Waals surface area contributed by atoms with E-state index >= 15 is 0 Å². The van der Waals surface area contributed by atoms with E-state index in [1.54, 1.807) is 74.8 Å². The van der Waals surface area contributed by atoms with Gasteiger partial charge in [0.2, 0.25) is 76.8 Å². The number of nitrogens with one attached hydrogen (secondary N) is 13. The quantitative estimate of drug-likeness (QED) is 0.0128. The second-order valence-electron chi connectivity index (χ2n) is 26.3. The molecule has 0 bridgehead atoms. The molecule has 35 nitrogen and oxygen atoms in total. The molecule has 2 heterocycles. The lowest BCUT2D eigenvalue weighted by Crippen LogP contribution is -2.61. The van der Waals surface area contributed by atoms with Crippen molar-refractivity contribution in [3.8, 4) is 5.75 Å². The van der Waals surface area contributed by atoms with Crippen LogP contribution in [0.15, 0.2) is 90.3 Å². The number of carbonyl (C=O) groups excluding carboxylic acids is 13. The molecular weight excluding hydrogens is 1370 g/mol. The molecule has 0 saturated heterocycles. The zero-order valence-corrected chi connectivity index (χ0v) is 60.4. The number of amides is 13. The van der Waals surface area contributed by atoms with Crippen molar-refractivity contribution in [1.82, 2.24) is 68.5 Å². The first kappa shape index (κ1) is 85.5. The molecule has 0 aliphatic carbocycles. The predicted octanol–water partition coefficient (Wildman–Crippen LogP) is -0.873. The molecule has 0 aliphatic heterocycles. The number of primary amides is 2. The molecule has 3 aromatic carbocycles. The zero-order chi connectivity index (χ0) is 78.0. The number of aromatic amines is 2. The maximum atomic E-state index is 14.9. The summed E-state index contributed by atoms with van der Waals surface area (Å²) >= 11 is 0. The Morgan fingerprint density at radius 1 is 0.472 bits per heavy atom. The minimum absolute atomic E-state index is 0.0307. The van der Waals surface area contributed by atoms with Crippen molar-refractivity contribution in [2.75, 3.05) is 32.7 Å². The summed E-state index contributed by atoms with van der Waals surface area (Å²) in [6, 6.07) is 5.44. The summed E-state index contributed by atoms with van der Waals surface area (Å²) in [5.74, 6) is -11.7. The van der Waals surface area contributed by atoms with Gasteiger partial charge in [-0.05, 0) is 123 Å². The number of azide groups is 1. The Morgan fingerprint density at radius 2 is 0.906 bits per heavy atom. The van der Waals surface area contributed by atoms with Crippen molar-refractivity contribution in [3.63, 3.8) is 0 Å². The molecule has 576 valence electrons. The van der Waals surface area contributed by atoms with Gasteiger partial charge in [0.05, 0.1) is 25.6 Å². The highest BCUT2D eigenvalue weighted by atomic mass is 16.3. The topological polar surface area (TPSA) is 585 Å². The molecule has 106 heavy (non-hydrogen) atoms. The van der Waals surface area contributed by atoms with Gasteiger partial charge in [0.25, 0.3) is 0 Å². The van der Waals surface area contributed by atoms with Gasteiger partial charge >= 0.3 is 0 Å². The number of benzene rings is 3. The molecule has 0 aliphatic rings. The van der Waals surface area contributed by atoms with E-state index in [2.05, 4.69) is 78.5 Å². The average Bonchev–Trinajstić information content (AvgIpc) is 1.50. The first-order chi connectivity index (χ1) is 50.6. The van der Waals surface area contributed by atoms with Crippen LogP contribution in [0.4, 0.5) is 0 Å². The maximum absolute atomic E-state index is 14.9. The Kier molecular flexibility index (Phi) is 35.4. The number of hydrogen-bond acceptors (Lipinski definition) is 18. The molecule has 0 radical (unpaired) electrons. The Labute approximate surface area is 613 Å². The minimum Gasteiger partial charge on any atom is -0.508 e. The summed E-state index contributed by atoms with van der Waals surface area (Å²) in [7, 11) is 0. The van der Waals surface area contributed by atoms with E-state index in [0.29, 0.717) is 51.3 Å². The highest BCUT2D eigenvalue weighted by molar-refractivity contribution is 6.00. The highest BCUT2D eigenvalue weighted by Crippen LogP contribution is 2.23. The lowest BCUT2D eigenvalue weighted by Gasteiger charge is -2.29. The fraction of sp³-hybridized carbons (Fsp3) is 0.507. The van der Waals surface area contributed by atoms with E-state index in [1.165, 1.54) is 31.2 Å². The summed E-state index contributed by atoms with van der Waals surface area (Å²) in [6.45, 7) is 7.48. The summed E-state index contributed by atoms with van der Waals surface area (Å²) < 4.78 is 0. The highest BCUT2D eigenvalue weighted by Gasteiger charge is 2.38. The van der Waals surface area contributed by atoms with Gasteiger partial charge in [0, 0.05) is 64.8 Å². The van der Waals surface area contributed by atoms with Gasteiger partial charge in [-0.3, -0.25) is 62.3 Å². The predicted molar refractivity (Wildman–Crippen MR) is 394 cm³/mol. The number of rotatable bonds is 47. The number of phenols is 1. The van der Waals surface area contributed by atoms with Gasteiger partial charge in [-0.1, -0.05) is 101 Å². The number of carbonyl (C=O) groups is 13. The van der Waals surface area contributed by atoms with E-state index in [9.17, 15) is 73.0 Å². The molecule has 5 aromatic rings. The zero-order valence-electron chi connectivity index (χ0n) is 60.4. The van der Waals surface area contributed by atoms with Crippen molar-refractivity contribution < 1.29 is 67.4 Å². The van der Waals surface area contributed by atoms with Gasteiger partial charge in [0.1, 0.15) is 60.1 Å². The largest absolute Gasteiger partial charge is 0.508 e. The molecule has 1 unspecified atom stereocenters. The summed E-state index contributed by atoms with van der Waals surface area (Å²) in [5.41, 5.74) is 40.9. The van der Waals surface area contributed by atoms with E-state index in [1.807, 2.05) is 13.8 Å². The Morgan fingerprint density at radius 3 is 1.39 bits per heavy atom. The number of hydrogen-bond donors (Lipinski definition) is 19. The van der Waals surface area contributed by atoms with Crippen LogP contribution >= 0.6 is 0 Å². The second-order valence-corrected chi connectivity index (χ2v) is 26.3. The number of H-pyrrole nitrogens is 2. The van der Waals surface area contributed by atoms with E-state index in [-0.39, 0.29) is 95.5 Å². The van der Waals surface area contributed by atoms with Gasteiger partial charge in [0.15, 0.2) is 0 Å². The van der Waals surface area contributed by atoms with Crippen LogP contribution in [0.5, 0.6) is 5.75 Å². The number of nitrogens with zero attached hydrogens (tertiary/aromatic N) is 3. The maximum Gasteiger partial charge on any atom is 0.243 e. The summed E-state index contributed by atoms with van der Waals surface area (Å²) in [4.78, 5) is 189. The molecule has 35 heteroatoms. The third-order valence-corrected chi connectivity index (χ3v) is 18.0. The van der Waals surface area contributed by atoms with Crippen molar-refractivity contribution in [1.29, 1.82) is 0 Å². The molecule has 2 aromatic heterocycles. The van der Waals surface area contributed by atoms with Gasteiger partial charge in [-0.15, -0.1) is 0 Å². The second kappa shape index (κ2) is 43.8. The van der Waals surface area contributed by atoms with Crippen LogP contribution < -0.4 is 87.2 Å². The molecule has 0 spiro atoms. The summed E-state index contributed by atoms with van der Waals surface area (Å²) in [5, 5.41) is 43.7. The van der Waals surface area contributed by atoms with Crippen molar-refractivity contribution in [3.05, 3.63) is 112 Å². The van der Waals surface area contributed by atoms with Crippen LogP contribution in [0.2, 0.25) is 0 Å². The number of nitrogens with two attached hydrogens (primary N) is 5. The van der Waals surface area contributed by atoms with Gasteiger partial charge in [-0.25, -0.2) is 0 Å². The average molecular weight is 1470 g/mol. The molecule has 0 saturated carbocycles. The minimum atomic E-state index is -1.66. The van der Waals surface area contributed by atoms with Crippen molar-refractivity contribution in [2.45, 2.75) is 185 Å². The third-order valence-electron chi connectivity index (χ3n) is 18.0.